The number of sulfonamides is 1. The number of nitrogens with zero attached hydrogens (tertiary/aromatic N) is 5. The first-order valence-corrected chi connectivity index (χ1v) is 13.4. The molecule has 0 amide bonds. The lowest BCUT2D eigenvalue weighted by Crippen LogP contribution is -2.33. The van der Waals surface area contributed by atoms with Crippen molar-refractivity contribution in [3.05, 3.63) is 47.3 Å². The summed E-state index contributed by atoms with van der Waals surface area (Å²) in [6.07, 6.45) is 2.49. The van der Waals surface area contributed by atoms with Crippen LogP contribution < -0.4 is 14.2 Å². The highest BCUT2D eigenvalue weighted by molar-refractivity contribution is 7.93. The molecule has 0 saturated carbocycles. The van der Waals surface area contributed by atoms with Crippen LogP contribution in [0.15, 0.2) is 30.6 Å². The minimum Gasteiger partial charge on any atom is -0.494 e. The van der Waals surface area contributed by atoms with Gasteiger partial charge in [-0.05, 0) is 32.4 Å². The fourth-order valence-corrected chi connectivity index (χ4v) is 4.69. The summed E-state index contributed by atoms with van der Waals surface area (Å²) in [6, 6.07) is 5.19. The third kappa shape index (κ3) is 6.47. The molecule has 0 fully saturated rings. The Balaban J connectivity index is 2.06. The van der Waals surface area contributed by atoms with E-state index in [0.29, 0.717) is 28.0 Å². The SMILES string of the molecule is CC[C@@H](C)OCc1nnc(NS(=O)(=O)C(C)C(OC)c2ncc(Cl)cn2)n1-c1c(OC)cccc1OC. The van der Waals surface area contributed by atoms with Crippen LogP contribution in [0.5, 0.6) is 11.5 Å². The van der Waals surface area contributed by atoms with Gasteiger partial charge in [-0.1, -0.05) is 24.6 Å². The molecule has 0 spiro atoms. The number of halogens is 1. The summed E-state index contributed by atoms with van der Waals surface area (Å²) in [5.74, 6) is 1.27. The number of methoxy groups -OCH3 is 3. The Bertz CT molecular complexity index is 1270. The second-order valence-corrected chi connectivity index (χ2v) is 10.6. The van der Waals surface area contributed by atoms with E-state index in [0.717, 1.165) is 6.42 Å². The van der Waals surface area contributed by atoms with Crippen LogP contribution in [0.25, 0.3) is 5.69 Å². The number of aromatic nitrogens is 5. The molecule has 14 heteroatoms. The zero-order valence-electron chi connectivity index (χ0n) is 21.5. The first-order valence-electron chi connectivity index (χ1n) is 11.5. The smallest absolute Gasteiger partial charge is 0.243 e. The van der Waals surface area contributed by atoms with Crippen LogP contribution in [-0.4, -0.2) is 65.8 Å². The summed E-state index contributed by atoms with van der Waals surface area (Å²) < 4.78 is 53.5. The van der Waals surface area contributed by atoms with Gasteiger partial charge in [0.05, 0.1) is 25.3 Å². The number of benzene rings is 1. The monoisotopic (exact) mass is 554 g/mol. The standard InChI is InChI=1S/C23H31ClN6O6S/c1-7-14(2)36-13-19-27-28-23(30(19)20-17(33-4)9-8-10-18(20)34-5)29-37(31,32)15(3)21(35-6)22-25-11-16(24)12-26-22/h8-12,14-15,21H,7,13H2,1-6H3,(H,28,29)/t14-,15?,21?/m1/s1. The Kier molecular flexibility index (Phi) is 9.65. The topological polar surface area (TPSA) is 140 Å². The van der Waals surface area contributed by atoms with Gasteiger partial charge in [0.2, 0.25) is 16.0 Å². The van der Waals surface area contributed by atoms with E-state index in [1.807, 2.05) is 13.8 Å². The molecule has 202 valence electrons. The van der Waals surface area contributed by atoms with Crippen molar-refractivity contribution in [3.63, 3.8) is 0 Å². The van der Waals surface area contributed by atoms with Crippen molar-refractivity contribution in [2.45, 2.75) is 51.3 Å². The van der Waals surface area contributed by atoms with E-state index in [9.17, 15) is 8.42 Å². The zero-order chi connectivity index (χ0) is 27.2. The van der Waals surface area contributed by atoms with E-state index in [-0.39, 0.29) is 24.5 Å². The number of para-hydroxylation sites is 1. The summed E-state index contributed by atoms with van der Waals surface area (Å²) in [5.41, 5.74) is 0.412. The lowest BCUT2D eigenvalue weighted by Gasteiger charge is -2.23. The Hall–Kier alpha value is -3.00. The van der Waals surface area contributed by atoms with E-state index in [1.165, 1.54) is 45.2 Å². The van der Waals surface area contributed by atoms with Crippen molar-refractivity contribution in [1.82, 2.24) is 24.7 Å². The molecule has 3 rings (SSSR count). The lowest BCUT2D eigenvalue weighted by molar-refractivity contribution is 0.0459. The molecule has 1 N–H and O–H groups in total. The summed E-state index contributed by atoms with van der Waals surface area (Å²) in [4.78, 5) is 8.22. The number of hydrogen-bond donors (Lipinski definition) is 1. The highest BCUT2D eigenvalue weighted by Crippen LogP contribution is 2.36. The lowest BCUT2D eigenvalue weighted by atomic mass is 10.2. The molecule has 2 aromatic heterocycles. The van der Waals surface area contributed by atoms with Gasteiger partial charge in [0.25, 0.3) is 0 Å². The molecular formula is C23H31ClN6O6S. The normalized spacial score (nSPS) is 14.1. The Morgan fingerprint density at radius 1 is 1.05 bits per heavy atom. The van der Waals surface area contributed by atoms with Crippen molar-refractivity contribution in [3.8, 4) is 17.2 Å². The first kappa shape index (κ1) is 28.6. The second-order valence-electron chi connectivity index (χ2n) is 8.08. The molecular weight excluding hydrogens is 524 g/mol. The van der Waals surface area contributed by atoms with Gasteiger partial charge >= 0.3 is 0 Å². The summed E-state index contributed by atoms with van der Waals surface area (Å²) in [5, 5.41) is 7.53. The average molecular weight is 555 g/mol. The van der Waals surface area contributed by atoms with Crippen LogP contribution in [0.4, 0.5) is 5.95 Å². The zero-order valence-corrected chi connectivity index (χ0v) is 23.1. The largest absolute Gasteiger partial charge is 0.494 e. The molecule has 3 atom stereocenters. The number of rotatable bonds is 13. The predicted octanol–water partition coefficient (Wildman–Crippen LogP) is 3.56. The molecule has 0 aliphatic heterocycles. The highest BCUT2D eigenvalue weighted by atomic mass is 35.5. The van der Waals surface area contributed by atoms with Gasteiger partial charge < -0.3 is 18.9 Å². The molecule has 0 radical (unpaired) electrons. The van der Waals surface area contributed by atoms with Gasteiger partial charge in [0, 0.05) is 19.5 Å². The van der Waals surface area contributed by atoms with Gasteiger partial charge in [-0.3, -0.25) is 9.29 Å². The van der Waals surface area contributed by atoms with E-state index in [2.05, 4.69) is 24.9 Å². The number of anilines is 1. The summed E-state index contributed by atoms with van der Waals surface area (Å²) >= 11 is 5.87. The molecule has 0 aliphatic carbocycles. The first-order chi connectivity index (χ1) is 17.7. The van der Waals surface area contributed by atoms with E-state index < -0.39 is 21.4 Å². The fourth-order valence-electron chi connectivity index (χ4n) is 3.46. The van der Waals surface area contributed by atoms with Crippen molar-refractivity contribution in [1.29, 1.82) is 0 Å². The van der Waals surface area contributed by atoms with Gasteiger partial charge in [-0.2, -0.15) is 0 Å². The molecule has 1 aromatic carbocycles. The molecule has 0 aliphatic rings. The van der Waals surface area contributed by atoms with Crippen LogP contribution in [0, 0.1) is 0 Å². The molecule has 2 heterocycles. The fraction of sp³-hybridized carbons (Fsp3) is 0.478. The van der Waals surface area contributed by atoms with Crippen LogP contribution in [0.2, 0.25) is 5.02 Å². The van der Waals surface area contributed by atoms with Crippen LogP contribution in [0.1, 0.15) is 44.9 Å². The molecule has 3 aromatic rings. The van der Waals surface area contributed by atoms with Gasteiger partial charge in [0.15, 0.2) is 11.6 Å². The van der Waals surface area contributed by atoms with E-state index in [4.69, 9.17) is 30.5 Å². The maximum Gasteiger partial charge on any atom is 0.243 e. The predicted molar refractivity (Wildman–Crippen MR) is 138 cm³/mol. The van der Waals surface area contributed by atoms with Crippen LogP contribution >= 0.6 is 11.6 Å². The van der Waals surface area contributed by atoms with Gasteiger partial charge in [-0.25, -0.2) is 18.4 Å². The quantitative estimate of drug-likeness (QED) is 0.333. The molecule has 37 heavy (non-hydrogen) atoms. The number of ether oxygens (including phenoxy) is 4. The van der Waals surface area contributed by atoms with E-state index >= 15 is 0 Å². The molecule has 0 bridgehead atoms. The molecule has 12 nitrogen and oxygen atoms in total. The number of hydrogen-bond acceptors (Lipinski definition) is 10. The Labute approximate surface area is 221 Å². The summed E-state index contributed by atoms with van der Waals surface area (Å²) in [7, 11) is 0.266. The van der Waals surface area contributed by atoms with Crippen LogP contribution in [-0.2, 0) is 26.1 Å². The Morgan fingerprint density at radius 2 is 1.68 bits per heavy atom. The van der Waals surface area contributed by atoms with Crippen molar-refractivity contribution < 1.29 is 27.4 Å². The average Bonchev–Trinajstić information content (AvgIpc) is 3.28. The van der Waals surface area contributed by atoms with Crippen molar-refractivity contribution >= 4 is 27.6 Å². The highest BCUT2D eigenvalue weighted by Gasteiger charge is 2.35. The maximum absolute atomic E-state index is 13.5. The van der Waals surface area contributed by atoms with Crippen molar-refractivity contribution in [2.75, 3.05) is 26.1 Å². The molecule has 2 unspecified atom stereocenters. The minimum absolute atomic E-state index is 0.0493. The summed E-state index contributed by atoms with van der Waals surface area (Å²) in [6.45, 7) is 5.47. The van der Waals surface area contributed by atoms with Gasteiger partial charge in [-0.15, -0.1) is 10.2 Å². The minimum atomic E-state index is -4.11. The van der Waals surface area contributed by atoms with Crippen LogP contribution in [0.3, 0.4) is 0 Å². The van der Waals surface area contributed by atoms with Gasteiger partial charge in [0.1, 0.15) is 35.1 Å². The number of nitrogens with one attached hydrogen (secondary N) is 1. The third-order valence-electron chi connectivity index (χ3n) is 5.73. The van der Waals surface area contributed by atoms with Crippen molar-refractivity contribution in [2.24, 2.45) is 0 Å². The van der Waals surface area contributed by atoms with E-state index in [1.54, 1.807) is 18.2 Å². The third-order valence-corrected chi connectivity index (χ3v) is 7.61. The second kappa shape index (κ2) is 12.5. The Morgan fingerprint density at radius 3 is 2.22 bits per heavy atom. The molecule has 0 saturated heterocycles. The maximum atomic E-state index is 13.5.